The molecule has 0 aliphatic heterocycles. The van der Waals surface area contributed by atoms with Crippen molar-refractivity contribution < 1.29 is 8.42 Å². The van der Waals surface area contributed by atoms with Crippen LogP contribution in [-0.4, -0.2) is 13.4 Å². The van der Waals surface area contributed by atoms with Gasteiger partial charge in [-0.2, -0.15) is 0 Å². The molecule has 1 N–H and O–H groups in total. The predicted molar refractivity (Wildman–Crippen MR) is 78.9 cm³/mol. The Bertz CT molecular complexity index is 719. The number of rotatable bonds is 3. The average Bonchev–Trinajstić information content (AvgIpc) is 2.27. The number of halogens is 2. The lowest BCUT2D eigenvalue weighted by atomic mass is 10.2. The summed E-state index contributed by atoms with van der Waals surface area (Å²) in [5, 5.41) is 0.225. The topological polar surface area (TPSA) is 59.1 Å². The summed E-state index contributed by atoms with van der Waals surface area (Å²) in [5.41, 5.74) is 1.34. The highest BCUT2D eigenvalue weighted by Crippen LogP contribution is 2.25. The summed E-state index contributed by atoms with van der Waals surface area (Å²) in [5.74, 6) is 0. The summed E-state index contributed by atoms with van der Waals surface area (Å²) >= 11 is 8.97. The molecule has 0 aliphatic carbocycles. The van der Waals surface area contributed by atoms with E-state index < -0.39 is 10.0 Å². The Morgan fingerprint density at radius 3 is 2.63 bits per heavy atom. The molecular formula is C12H10BrClN2O2S. The third-order valence-corrected chi connectivity index (χ3v) is 4.92. The minimum atomic E-state index is -3.66. The van der Waals surface area contributed by atoms with Gasteiger partial charge in [0.2, 0.25) is 0 Å². The normalized spacial score (nSPS) is 11.3. The predicted octanol–water partition coefficient (Wildman–Crippen LogP) is 3.61. The van der Waals surface area contributed by atoms with Crippen LogP contribution in [0.5, 0.6) is 0 Å². The number of aromatic nitrogens is 1. The molecule has 1 aromatic carbocycles. The smallest absolute Gasteiger partial charge is 0.263 e. The van der Waals surface area contributed by atoms with Crippen molar-refractivity contribution in [2.24, 2.45) is 0 Å². The SMILES string of the molecule is Cc1ccc(S(=O)(=O)Nc2ccnc(Cl)c2)c(Br)c1. The van der Waals surface area contributed by atoms with Gasteiger partial charge in [0.05, 0.1) is 5.69 Å². The summed E-state index contributed by atoms with van der Waals surface area (Å²) in [7, 11) is -3.66. The second-order valence-corrected chi connectivity index (χ2v) is 6.80. The van der Waals surface area contributed by atoms with E-state index in [0.717, 1.165) is 5.56 Å². The van der Waals surface area contributed by atoms with E-state index in [1.165, 1.54) is 18.3 Å². The lowest BCUT2D eigenvalue weighted by Crippen LogP contribution is -2.13. The van der Waals surface area contributed by atoms with Crippen molar-refractivity contribution in [2.75, 3.05) is 4.72 Å². The van der Waals surface area contributed by atoms with E-state index in [0.29, 0.717) is 10.2 Å². The number of sulfonamides is 1. The molecule has 1 heterocycles. The first-order valence-electron chi connectivity index (χ1n) is 5.29. The molecule has 0 atom stereocenters. The number of nitrogens with zero attached hydrogens (tertiary/aromatic N) is 1. The maximum Gasteiger partial charge on any atom is 0.263 e. The van der Waals surface area contributed by atoms with Crippen LogP contribution in [0.2, 0.25) is 5.15 Å². The van der Waals surface area contributed by atoms with Crippen LogP contribution >= 0.6 is 27.5 Å². The highest BCUT2D eigenvalue weighted by molar-refractivity contribution is 9.10. The fourth-order valence-corrected chi connectivity index (χ4v) is 3.92. The van der Waals surface area contributed by atoms with Gasteiger partial charge in [-0.25, -0.2) is 13.4 Å². The Morgan fingerprint density at radius 2 is 2.00 bits per heavy atom. The van der Waals surface area contributed by atoms with Gasteiger partial charge in [-0.05, 0) is 52.7 Å². The monoisotopic (exact) mass is 360 g/mol. The van der Waals surface area contributed by atoms with Crippen LogP contribution < -0.4 is 4.72 Å². The van der Waals surface area contributed by atoms with E-state index in [2.05, 4.69) is 25.6 Å². The van der Waals surface area contributed by atoms with Crippen molar-refractivity contribution in [1.82, 2.24) is 4.98 Å². The Morgan fingerprint density at radius 1 is 1.26 bits per heavy atom. The van der Waals surface area contributed by atoms with E-state index in [1.807, 2.05) is 6.92 Å². The van der Waals surface area contributed by atoms with Crippen LogP contribution in [0.15, 0.2) is 45.9 Å². The van der Waals surface area contributed by atoms with Gasteiger partial charge < -0.3 is 0 Å². The van der Waals surface area contributed by atoms with Crippen molar-refractivity contribution >= 4 is 43.2 Å². The van der Waals surface area contributed by atoms with Crippen molar-refractivity contribution in [1.29, 1.82) is 0 Å². The van der Waals surface area contributed by atoms with Crippen LogP contribution in [-0.2, 0) is 10.0 Å². The fraction of sp³-hybridized carbons (Fsp3) is 0.0833. The third kappa shape index (κ3) is 3.46. The summed E-state index contributed by atoms with van der Waals surface area (Å²) < 4.78 is 27.4. The molecule has 0 unspecified atom stereocenters. The van der Waals surface area contributed by atoms with Crippen molar-refractivity contribution in [3.8, 4) is 0 Å². The Labute approximate surface area is 125 Å². The minimum Gasteiger partial charge on any atom is -0.279 e. The molecule has 0 saturated carbocycles. The Kier molecular flexibility index (Phi) is 4.13. The molecule has 0 fully saturated rings. The van der Waals surface area contributed by atoms with E-state index in [9.17, 15) is 8.42 Å². The van der Waals surface area contributed by atoms with Gasteiger partial charge in [0.15, 0.2) is 0 Å². The molecule has 0 aliphatic rings. The lowest BCUT2D eigenvalue weighted by molar-refractivity contribution is 0.600. The molecule has 0 spiro atoms. The van der Waals surface area contributed by atoms with Crippen molar-refractivity contribution in [2.45, 2.75) is 11.8 Å². The molecule has 7 heteroatoms. The maximum atomic E-state index is 12.2. The fourth-order valence-electron chi connectivity index (χ4n) is 1.50. The highest BCUT2D eigenvalue weighted by atomic mass is 79.9. The largest absolute Gasteiger partial charge is 0.279 e. The molecule has 0 amide bonds. The van der Waals surface area contributed by atoms with Gasteiger partial charge in [0, 0.05) is 10.7 Å². The summed E-state index contributed by atoms with van der Waals surface area (Å²) in [6.07, 6.45) is 1.43. The van der Waals surface area contributed by atoms with Gasteiger partial charge in [-0.15, -0.1) is 0 Å². The summed E-state index contributed by atoms with van der Waals surface area (Å²) in [4.78, 5) is 3.97. The lowest BCUT2D eigenvalue weighted by Gasteiger charge is -2.10. The molecule has 4 nitrogen and oxygen atoms in total. The van der Waals surface area contributed by atoms with Crippen LogP contribution in [0.25, 0.3) is 0 Å². The quantitative estimate of drug-likeness (QED) is 0.850. The zero-order valence-corrected chi connectivity index (χ0v) is 13.1. The molecule has 100 valence electrons. The molecule has 19 heavy (non-hydrogen) atoms. The molecule has 0 radical (unpaired) electrons. The second kappa shape index (κ2) is 5.48. The highest BCUT2D eigenvalue weighted by Gasteiger charge is 2.17. The Balaban J connectivity index is 2.38. The van der Waals surface area contributed by atoms with E-state index >= 15 is 0 Å². The van der Waals surface area contributed by atoms with Crippen LogP contribution in [0, 0.1) is 6.92 Å². The molecule has 2 aromatic rings. The summed E-state index contributed by atoms with van der Waals surface area (Å²) in [6, 6.07) is 8.00. The Hall–Kier alpha value is -1.11. The second-order valence-electron chi connectivity index (χ2n) is 3.91. The number of benzene rings is 1. The van der Waals surface area contributed by atoms with Crippen molar-refractivity contribution in [3.63, 3.8) is 0 Å². The number of anilines is 1. The molecular weight excluding hydrogens is 352 g/mol. The average molecular weight is 362 g/mol. The third-order valence-electron chi connectivity index (χ3n) is 2.36. The molecule has 0 bridgehead atoms. The van der Waals surface area contributed by atoms with Crippen LogP contribution in [0.3, 0.4) is 0 Å². The first-order chi connectivity index (χ1) is 8.88. The van der Waals surface area contributed by atoms with Crippen LogP contribution in [0.4, 0.5) is 5.69 Å². The number of hydrogen-bond acceptors (Lipinski definition) is 3. The zero-order valence-electron chi connectivity index (χ0n) is 9.89. The first-order valence-corrected chi connectivity index (χ1v) is 7.94. The minimum absolute atomic E-state index is 0.172. The number of aryl methyl sites for hydroxylation is 1. The van der Waals surface area contributed by atoms with Gasteiger partial charge in [0.1, 0.15) is 10.0 Å². The molecule has 2 rings (SSSR count). The summed E-state index contributed by atoms with van der Waals surface area (Å²) in [6.45, 7) is 1.89. The zero-order chi connectivity index (χ0) is 14.0. The standard InChI is InChI=1S/C12H10BrClN2O2S/c1-8-2-3-11(10(13)6-8)19(17,18)16-9-4-5-15-12(14)7-9/h2-7H,1H3,(H,15,16). The van der Waals surface area contributed by atoms with E-state index in [-0.39, 0.29) is 10.0 Å². The number of pyridine rings is 1. The molecule has 1 aromatic heterocycles. The molecule has 0 saturated heterocycles. The number of hydrogen-bond donors (Lipinski definition) is 1. The maximum absolute atomic E-state index is 12.2. The van der Waals surface area contributed by atoms with Gasteiger partial charge in [-0.3, -0.25) is 4.72 Å². The van der Waals surface area contributed by atoms with Crippen molar-refractivity contribution in [3.05, 3.63) is 51.7 Å². The van der Waals surface area contributed by atoms with Crippen LogP contribution in [0.1, 0.15) is 5.56 Å². The first kappa shape index (κ1) is 14.3. The van der Waals surface area contributed by atoms with E-state index in [1.54, 1.807) is 18.2 Å². The van der Waals surface area contributed by atoms with Gasteiger partial charge in [-0.1, -0.05) is 17.7 Å². The van der Waals surface area contributed by atoms with Gasteiger partial charge >= 0.3 is 0 Å². The number of nitrogens with one attached hydrogen (secondary N) is 1. The van der Waals surface area contributed by atoms with Gasteiger partial charge in [0.25, 0.3) is 10.0 Å². The van der Waals surface area contributed by atoms with E-state index in [4.69, 9.17) is 11.6 Å².